The van der Waals surface area contributed by atoms with E-state index in [-0.39, 0.29) is 30.1 Å². The molecule has 0 atom stereocenters. The Balaban J connectivity index is 0.000000180. The molecule has 1 fully saturated rings. The monoisotopic (exact) mass is 943 g/mol. The number of nitrogen functional groups attached to an aromatic ring is 1. The van der Waals surface area contributed by atoms with Gasteiger partial charge in [-0.2, -0.15) is 4.98 Å². The highest BCUT2D eigenvalue weighted by atomic mass is 35.5. The summed E-state index contributed by atoms with van der Waals surface area (Å²) in [6, 6.07) is 30.7. The first-order chi connectivity index (χ1) is 32.4. The van der Waals surface area contributed by atoms with Crippen LogP contribution in [-0.2, 0) is 27.7 Å². The third kappa shape index (κ3) is 10.8. The van der Waals surface area contributed by atoms with Crippen molar-refractivity contribution in [3.8, 4) is 28.2 Å². The second-order valence-corrected chi connectivity index (χ2v) is 18.3. The molecule has 67 heavy (non-hydrogen) atoms. The van der Waals surface area contributed by atoms with Crippen LogP contribution in [0.1, 0.15) is 21.8 Å². The van der Waals surface area contributed by atoms with E-state index in [2.05, 4.69) is 30.6 Å². The summed E-state index contributed by atoms with van der Waals surface area (Å²) >= 11 is 6.47. The number of fused-ring (bicyclic) bond motifs is 3. The number of nitrogens with two attached hydrogens (primary N) is 1. The number of pyridine rings is 1. The van der Waals surface area contributed by atoms with Gasteiger partial charge in [0.25, 0.3) is 11.9 Å². The fourth-order valence-electron chi connectivity index (χ4n) is 7.39. The summed E-state index contributed by atoms with van der Waals surface area (Å²) in [6.07, 6.45) is 6.23. The van der Waals surface area contributed by atoms with Crippen molar-refractivity contribution in [2.24, 2.45) is 0 Å². The minimum absolute atomic E-state index is 0.0392. The van der Waals surface area contributed by atoms with Crippen molar-refractivity contribution < 1.29 is 35.9 Å². The first-order valence-electron chi connectivity index (χ1n) is 21.1. The van der Waals surface area contributed by atoms with Crippen LogP contribution in [0.3, 0.4) is 0 Å². The number of anilines is 3. The highest BCUT2D eigenvalue weighted by molar-refractivity contribution is 7.90. The van der Waals surface area contributed by atoms with Crippen molar-refractivity contribution >= 4 is 72.5 Å². The molecule has 5 aromatic heterocycles. The zero-order valence-electron chi connectivity index (χ0n) is 36.0. The molecule has 16 nitrogen and oxygen atoms in total. The minimum Gasteiger partial charge on any atom is -0.487 e. The highest BCUT2D eigenvalue weighted by Crippen LogP contribution is 2.33. The van der Waals surface area contributed by atoms with Gasteiger partial charge >= 0.3 is 0 Å². The van der Waals surface area contributed by atoms with Crippen molar-refractivity contribution in [2.45, 2.75) is 13.2 Å². The number of hydrogen-bond acceptors (Lipinski definition) is 14. The molecule has 0 radical (unpaired) electrons. The number of nitrogens with zero attached hydrogens (tertiary/aromatic N) is 6. The Kier molecular flexibility index (Phi) is 13.1. The van der Waals surface area contributed by atoms with E-state index in [0.717, 1.165) is 33.2 Å². The number of sulfone groups is 1. The van der Waals surface area contributed by atoms with Crippen LogP contribution in [0.2, 0.25) is 5.02 Å². The number of ether oxygens (including phenoxy) is 2. The summed E-state index contributed by atoms with van der Waals surface area (Å²) in [5.41, 5.74) is 13.1. The van der Waals surface area contributed by atoms with E-state index in [9.17, 15) is 17.6 Å². The second kappa shape index (κ2) is 19.6. The van der Waals surface area contributed by atoms with Gasteiger partial charge in [-0.15, -0.1) is 0 Å². The standard InChI is InChI=1S/C29H26ClFN4O4S.C19H17N5O3/c1-40(36,37)12-11-32-16-23-7-10-27(39-23)20-5-8-26-24(14-20)29(34-18-33-26)35-22-6-9-28(25(30)15-22)38-17-19-3-2-4-21(31)13-19;20-19-22-14-9-12(1-3-16(14)27-19)13-2-4-17-21-10-15(24(17)11-13)18(25)23-5-7-26-8-6-23/h2-10,13-15,18,32H,11-12,16-17H2,1H3,(H,33,34,35);1-4,9-11H,5-8H2,(H2,20,22). The van der Waals surface area contributed by atoms with E-state index in [1.807, 2.05) is 77.3 Å². The van der Waals surface area contributed by atoms with Crippen molar-refractivity contribution in [3.63, 3.8) is 0 Å². The molecule has 6 heterocycles. The van der Waals surface area contributed by atoms with Crippen LogP contribution in [0.15, 0.2) is 131 Å². The maximum atomic E-state index is 13.4. The van der Waals surface area contributed by atoms with Crippen LogP contribution < -0.4 is 21.1 Å². The number of nitrogens with one attached hydrogen (secondary N) is 2. The van der Waals surface area contributed by atoms with Gasteiger partial charge in [0, 0.05) is 48.7 Å². The Labute approximate surface area is 388 Å². The van der Waals surface area contributed by atoms with Gasteiger partial charge in [-0.1, -0.05) is 29.8 Å². The molecule has 1 saturated heterocycles. The lowest BCUT2D eigenvalue weighted by Gasteiger charge is -2.26. The van der Waals surface area contributed by atoms with Crippen LogP contribution in [0, 0.1) is 5.82 Å². The Bertz CT molecular complexity index is 3350. The fraction of sp³-hybridized carbons (Fsp3) is 0.188. The molecule has 0 aliphatic carbocycles. The molecular formula is C48H43ClFN9O7S. The van der Waals surface area contributed by atoms with Gasteiger partial charge in [-0.3, -0.25) is 9.20 Å². The molecule has 4 aromatic carbocycles. The highest BCUT2D eigenvalue weighted by Gasteiger charge is 2.22. The molecule has 1 aliphatic rings. The fourth-order valence-corrected chi connectivity index (χ4v) is 8.14. The van der Waals surface area contributed by atoms with Crippen molar-refractivity contribution in [1.82, 2.24) is 34.6 Å². The number of carbonyl (C=O) groups excluding carboxylic acids is 1. The van der Waals surface area contributed by atoms with E-state index in [4.69, 9.17) is 35.6 Å². The smallest absolute Gasteiger partial charge is 0.292 e. The Morgan fingerprint density at radius 1 is 0.896 bits per heavy atom. The van der Waals surface area contributed by atoms with Crippen LogP contribution in [0.25, 0.3) is 50.1 Å². The molecule has 0 spiro atoms. The number of carbonyl (C=O) groups is 1. The van der Waals surface area contributed by atoms with Gasteiger partial charge in [0.2, 0.25) is 0 Å². The SMILES string of the molecule is CS(=O)(=O)CCNCc1ccc(-c2ccc3ncnc(Nc4ccc(OCc5cccc(F)c5)c(Cl)c4)c3c2)o1.Nc1nc2cc(-c3ccc4ncc(C(=O)N5CCOCC5)n4c3)ccc2o1. The first-order valence-corrected chi connectivity index (χ1v) is 23.5. The predicted octanol–water partition coefficient (Wildman–Crippen LogP) is 8.34. The number of amides is 1. The Morgan fingerprint density at radius 2 is 1.73 bits per heavy atom. The first kappa shape index (κ1) is 44.8. The average Bonchev–Trinajstić information content (AvgIpc) is 4.08. The van der Waals surface area contributed by atoms with Crippen molar-refractivity contribution in [1.29, 1.82) is 0 Å². The summed E-state index contributed by atoms with van der Waals surface area (Å²) in [5.74, 6) is 2.13. The number of furan rings is 1. The van der Waals surface area contributed by atoms with Crippen LogP contribution >= 0.6 is 11.6 Å². The number of halogens is 2. The number of aromatic nitrogens is 5. The summed E-state index contributed by atoms with van der Waals surface area (Å²) in [7, 11) is -3.02. The molecular weight excluding hydrogens is 901 g/mol. The number of oxazole rings is 1. The van der Waals surface area contributed by atoms with E-state index in [0.29, 0.717) is 95.5 Å². The van der Waals surface area contributed by atoms with E-state index in [1.165, 1.54) is 24.7 Å². The lowest BCUT2D eigenvalue weighted by molar-refractivity contribution is 0.0298. The van der Waals surface area contributed by atoms with E-state index < -0.39 is 9.84 Å². The zero-order chi connectivity index (χ0) is 46.5. The predicted molar refractivity (Wildman–Crippen MR) is 253 cm³/mol. The molecule has 0 bridgehead atoms. The second-order valence-electron chi connectivity index (χ2n) is 15.6. The maximum absolute atomic E-state index is 13.4. The average molecular weight is 944 g/mol. The topological polar surface area (TPSA) is 205 Å². The zero-order valence-corrected chi connectivity index (χ0v) is 37.6. The molecule has 0 saturated carbocycles. The number of imidazole rings is 1. The van der Waals surface area contributed by atoms with Crippen molar-refractivity contribution in [3.05, 3.63) is 150 Å². The molecule has 4 N–H and O–H groups in total. The molecule has 1 amide bonds. The lowest BCUT2D eigenvalue weighted by atomic mass is 10.1. The summed E-state index contributed by atoms with van der Waals surface area (Å²) in [6.45, 7) is 3.27. The number of benzene rings is 4. The number of rotatable bonds is 13. The van der Waals surface area contributed by atoms with Crippen LogP contribution in [0.5, 0.6) is 5.75 Å². The van der Waals surface area contributed by atoms with Crippen LogP contribution in [0.4, 0.5) is 21.9 Å². The quantitative estimate of drug-likeness (QED) is 0.0930. The van der Waals surface area contributed by atoms with Gasteiger partial charge < -0.3 is 39.6 Å². The minimum atomic E-state index is -3.02. The van der Waals surface area contributed by atoms with Crippen molar-refractivity contribution in [2.75, 3.05) is 55.9 Å². The van der Waals surface area contributed by atoms with Gasteiger partial charge in [0.05, 0.1) is 42.2 Å². The van der Waals surface area contributed by atoms with Gasteiger partial charge in [0.1, 0.15) is 68.5 Å². The lowest BCUT2D eigenvalue weighted by Crippen LogP contribution is -2.41. The van der Waals surface area contributed by atoms with E-state index in [1.54, 1.807) is 35.4 Å². The summed E-state index contributed by atoms with van der Waals surface area (Å²) in [5, 5.41) is 7.56. The van der Waals surface area contributed by atoms with E-state index >= 15 is 0 Å². The van der Waals surface area contributed by atoms with Gasteiger partial charge in [-0.05, 0) is 102 Å². The molecule has 9 aromatic rings. The maximum Gasteiger partial charge on any atom is 0.292 e. The Hall–Kier alpha value is -7.38. The van der Waals surface area contributed by atoms with Crippen LogP contribution in [-0.4, -0.2) is 88.4 Å². The molecule has 1 aliphatic heterocycles. The largest absolute Gasteiger partial charge is 0.487 e. The summed E-state index contributed by atoms with van der Waals surface area (Å²) < 4.78 is 60.3. The molecule has 10 rings (SSSR count). The summed E-state index contributed by atoms with van der Waals surface area (Å²) in [4.78, 5) is 32.0. The molecule has 19 heteroatoms. The third-order valence-corrected chi connectivity index (χ3v) is 12.0. The normalized spacial score (nSPS) is 12.9. The third-order valence-electron chi connectivity index (χ3n) is 10.8. The number of hydrogen-bond donors (Lipinski definition) is 3. The number of morpholine rings is 1. The van der Waals surface area contributed by atoms with Gasteiger partial charge in [0.15, 0.2) is 5.58 Å². The van der Waals surface area contributed by atoms with Gasteiger partial charge in [-0.25, -0.2) is 27.8 Å². The molecule has 0 unspecified atom stereocenters. The molecule has 342 valence electrons. The Morgan fingerprint density at radius 3 is 2.55 bits per heavy atom.